The summed E-state index contributed by atoms with van der Waals surface area (Å²) in [5, 5.41) is 2.66. The Labute approximate surface area is 210 Å². The van der Waals surface area contributed by atoms with Gasteiger partial charge < -0.3 is 20.6 Å². The molecule has 0 unspecified atom stereocenters. The predicted molar refractivity (Wildman–Crippen MR) is 147 cm³/mol. The van der Waals surface area contributed by atoms with Gasteiger partial charge in [0.15, 0.2) is 0 Å². The van der Waals surface area contributed by atoms with E-state index in [1.165, 1.54) is 10.8 Å². The zero-order chi connectivity index (χ0) is 20.4. The summed E-state index contributed by atoms with van der Waals surface area (Å²) in [6, 6.07) is 14.7. The minimum atomic E-state index is -0.970. The van der Waals surface area contributed by atoms with Gasteiger partial charge in [-0.05, 0) is 0 Å². The van der Waals surface area contributed by atoms with Crippen LogP contribution in [0.15, 0.2) is 66.0 Å². The van der Waals surface area contributed by atoms with Crippen molar-refractivity contribution in [3.05, 3.63) is 86.6 Å². The molecule has 0 fully saturated rings. The quantitative estimate of drug-likeness (QED) is 0.233. The van der Waals surface area contributed by atoms with Gasteiger partial charge in [-0.1, -0.05) is 89.7 Å². The molecule has 0 atom stereocenters. The van der Waals surface area contributed by atoms with E-state index in [2.05, 4.69) is 105 Å². The van der Waals surface area contributed by atoms with Crippen molar-refractivity contribution in [2.24, 2.45) is 0 Å². The third kappa shape index (κ3) is 29.8. The molecular weight excluding hydrogens is 446 g/mol. The molecule has 0 aliphatic rings. The van der Waals surface area contributed by atoms with Gasteiger partial charge in [0, 0.05) is 11.0 Å². The summed E-state index contributed by atoms with van der Waals surface area (Å²) in [7, 11) is -1.94. The Balaban J connectivity index is -0.000000104. The Bertz CT molecular complexity index is 626. The van der Waals surface area contributed by atoms with Gasteiger partial charge in [0.2, 0.25) is 0 Å². The fraction of sp³-hybridized carbons (Fsp3) is 0.400. The van der Waals surface area contributed by atoms with Crippen molar-refractivity contribution < 1.29 is 21.7 Å². The molecule has 1 N–H and O–H groups in total. The molecule has 2 aromatic rings. The van der Waals surface area contributed by atoms with Gasteiger partial charge in [-0.2, -0.15) is 17.5 Å². The summed E-state index contributed by atoms with van der Waals surface area (Å²) in [4.78, 5) is 0. The third-order valence-electron chi connectivity index (χ3n) is 2.85. The van der Waals surface area contributed by atoms with E-state index in [9.17, 15) is 0 Å². The average Bonchev–Trinajstić information content (AvgIpc) is 2.89. The summed E-state index contributed by atoms with van der Waals surface area (Å²) >= 11 is 0. The number of allylic oxidation sites excluding steroid dienone is 2. The average molecular weight is 492 g/mol. The van der Waals surface area contributed by atoms with Gasteiger partial charge in [-0.15, -0.1) is 35.2 Å². The number of hydrogen-bond donors (Lipinski definition) is 0. The minimum Gasteiger partial charge on any atom is -0.673 e. The van der Waals surface area contributed by atoms with Crippen molar-refractivity contribution in [2.75, 3.05) is 0 Å². The molecule has 166 valence electrons. The van der Waals surface area contributed by atoms with Crippen LogP contribution in [0.2, 0.25) is 39.3 Å². The second-order valence-corrected chi connectivity index (χ2v) is 20.0. The number of fused-ring (bicyclic) bond motifs is 1. The van der Waals surface area contributed by atoms with Crippen molar-refractivity contribution in [1.82, 2.24) is 0 Å². The van der Waals surface area contributed by atoms with Gasteiger partial charge >= 0.3 is 21.7 Å². The Kier molecular flexibility index (Phi) is 24.3. The van der Waals surface area contributed by atoms with Gasteiger partial charge in [-0.3, -0.25) is 0 Å². The first-order valence-electron chi connectivity index (χ1n) is 9.40. The maximum absolute atomic E-state index is 6.94. The molecule has 0 amide bonds. The van der Waals surface area contributed by atoms with E-state index < -0.39 is 16.1 Å². The van der Waals surface area contributed by atoms with E-state index in [1.54, 1.807) is 0 Å². The van der Waals surface area contributed by atoms with E-state index in [-0.39, 0.29) is 53.1 Å². The third-order valence-corrected chi connectivity index (χ3v) is 5.24. The molecule has 5 heteroatoms. The number of nitrogens with one attached hydrogen (secondary N) is 1. The fourth-order valence-electron chi connectivity index (χ4n) is 1.76. The smallest absolute Gasteiger partial charge is 0.673 e. The first kappa shape index (κ1) is 40.0. The summed E-state index contributed by atoms with van der Waals surface area (Å²) < 4.78 is 0. The molecule has 0 bridgehead atoms. The largest absolute Gasteiger partial charge is 4.00 e. The Morgan fingerprint density at radius 2 is 1.17 bits per heavy atom. The molecule has 4 radical (unpaired) electrons. The zero-order valence-electron chi connectivity index (χ0n) is 21.4. The maximum Gasteiger partial charge on any atom is 4.00 e. The van der Waals surface area contributed by atoms with Gasteiger partial charge in [0.1, 0.15) is 0 Å². The van der Waals surface area contributed by atoms with Crippen LogP contribution in [-0.4, -0.2) is 32.7 Å². The molecule has 2 aromatic carbocycles. The van der Waals surface area contributed by atoms with Crippen LogP contribution in [0.3, 0.4) is 0 Å². The van der Waals surface area contributed by atoms with Crippen LogP contribution in [0, 0.1) is 14.9 Å². The summed E-state index contributed by atoms with van der Waals surface area (Å²) in [6.07, 6.45) is 4.45. The fourth-order valence-corrected chi connectivity index (χ4v) is 3.14. The first-order valence-corrected chi connectivity index (χ1v) is 16.6. The Hall–Kier alpha value is -0.365. The van der Waals surface area contributed by atoms with Crippen LogP contribution in [0.4, 0.5) is 0 Å². The molecule has 1 nitrogen and oxygen atoms in total. The van der Waals surface area contributed by atoms with E-state index in [4.69, 9.17) is 5.73 Å². The molecule has 0 heterocycles. The number of hydrogen-bond acceptors (Lipinski definition) is 0. The van der Waals surface area contributed by atoms with E-state index >= 15 is 0 Å². The second kappa shape index (κ2) is 18.2. The van der Waals surface area contributed by atoms with E-state index in [0.717, 1.165) is 0 Å². The van der Waals surface area contributed by atoms with Crippen LogP contribution in [0.5, 0.6) is 0 Å². The van der Waals surface area contributed by atoms with Gasteiger partial charge in [0.05, 0.1) is 16.1 Å². The van der Waals surface area contributed by atoms with Crippen molar-refractivity contribution in [2.45, 2.75) is 65.6 Å². The summed E-state index contributed by atoms with van der Waals surface area (Å²) in [5.74, 6) is 0. The van der Waals surface area contributed by atoms with E-state index in [1.807, 2.05) is 20.8 Å². The summed E-state index contributed by atoms with van der Waals surface area (Å²) in [5.41, 5.74) is 11.4. The Morgan fingerprint density at radius 1 is 0.800 bits per heavy atom. The molecule has 2 rings (SSSR count). The van der Waals surface area contributed by atoms with Crippen molar-refractivity contribution >= 4 is 37.9 Å². The van der Waals surface area contributed by atoms with Crippen molar-refractivity contribution in [1.29, 1.82) is 0 Å². The van der Waals surface area contributed by atoms with Crippen LogP contribution < -0.4 is 0 Å². The summed E-state index contributed by atoms with van der Waals surface area (Å²) in [6.45, 7) is 19.7. The molecular formula is C25H45NSi3Ti. The standard InChI is InChI=1S/C10H22Si2.C9H7.C4H10N.2CH3.Si.Ti/c1-11(2,3)9-7-8-10-12(4,5)6;1-2-5-9-7-3-6-8(9)4-1;1-4(2,3)5;;;;/h7-10H,1-6H3;1-7H;5H,1-3H3;2*1H3;;/q;4*-1;;+4. The van der Waals surface area contributed by atoms with Crippen molar-refractivity contribution in [3.8, 4) is 0 Å². The molecule has 0 aromatic heterocycles. The molecule has 0 aliphatic carbocycles. The monoisotopic (exact) mass is 491 g/mol. The topological polar surface area (TPSA) is 23.8 Å². The van der Waals surface area contributed by atoms with Crippen LogP contribution in [0.25, 0.3) is 16.5 Å². The van der Waals surface area contributed by atoms with E-state index in [0.29, 0.717) is 0 Å². The number of benzene rings is 1. The molecule has 0 saturated heterocycles. The second-order valence-electron chi connectivity index (χ2n) is 9.85. The molecule has 30 heavy (non-hydrogen) atoms. The molecule has 0 spiro atoms. The molecule has 0 saturated carbocycles. The van der Waals surface area contributed by atoms with Crippen LogP contribution in [-0.2, 0) is 21.7 Å². The zero-order valence-corrected chi connectivity index (χ0v) is 25.9. The first-order chi connectivity index (χ1) is 11.7. The predicted octanol–water partition coefficient (Wildman–Crippen LogP) is 8.77. The van der Waals surface area contributed by atoms with Crippen LogP contribution >= 0.6 is 0 Å². The van der Waals surface area contributed by atoms with Crippen LogP contribution in [0.1, 0.15) is 20.8 Å². The van der Waals surface area contributed by atoms with Gasteiger partial charge in [-0.25, -0.2) is 0 Å². The van der Waals surface area contributed by atoms with Gasteiger partial charge in [0.25, 0.3) is 0 Å². The Morgan fingerprint density at radius 3 is 1.50 bits per heavy atom. The minimum absolute atomic E-state index is 0. The number of rotatable bonds is 3. The van der Waals surface area contributed by atoms with Crippen molar-refractivity contribution in [3.63, 3.8) is 0 Å². The molecule has 0 aliphatic heterocycles. The maximum atomic E-state index is 6.94. The SMILES string of the molecule is CC(C)(C)[NH-].C[Si](C)(C)C=CC=C[Si](C)(C)C.[CH3-].[CH3-].[Si].[Ti+4].c1ccc2[cH-]ccc2c1. The normalized spacial score (nSPS) is 11.0.